The zero-order chi connectivity index (χ0) is 11.6. The fraction of sp³-hybridized carbons (Fsp3) is 0.250. The Morgan fingerprint density at radius 1 is 1.33 bits per heavy atom. The van der Waals surface area contributed by atoms with E-state index in [4.69, 9.17) is 23.2 Å². The van der Waals surface area contributed by atoms with E-state index >= 15 is 0 Å². The Hall–Kier alpha value is 0.440. The summed E-state index contributed by atoms with van der Waals surface area (Å²) in [5.74, 6) is 0. The van der Waals surface area contributed by atoms with E-state index in [0.717, 1.165) is 3.57 Å². The molecular formula is C8H8Cl2INO2S. The molecule has 0 bridgehead atoms. The molecule has 0 aliphatic rings. The first kappa shape index (κ1) is 13.5. The predicted molar refractivity (Wildman–Crippen MR) is 70.0 cm³/mol. The molecule has 1 rings (SSSR count). The summed E-state index contributed by atoms with van der Waals surface area (Å²) in [5.41, 5.74) is 0. The van der Waals surface area contributed by atoms with Gasteiger partial charge in [0.05, 0.1) is 10.0 Å². The highest BCUT2D eigenvalue weighted by Gasteiger charge is 2.19. The molecule has 0 radical (unpaired) electrons. The van der Waals surface area contributed by atoms with Crippen molar-refractivity contribution in [2.24, 2.45) is 0 Å². The summed E-state index contributed by atoms with van der Waals surface area (Å²) < 4.78 is 26.4. The molecule has 3 nitrogen and oxygen atoms in total. The standard InChI is InChI=1S/C8H8Cl2INO2S/c1-2-12-15(13,14)6-4-3-5(11)7(9)8(6)10/h3-4,12H,2H2,1H3. The van der Waals surface area contributed by atoms with Gasteiger partial charge in [-0.2, -0.15) is 0 Å². The largest absolute Gasteiger partial charge is 0.242 e. The van der Waals surface area contributed by atoms with E-state index in [1.807, 2.05) is 22.6 Å². The Labute approximate surface area is 112 Å². The highest BCUT2D eigenvalue weighted by atomic mass is 127. The van der Waals surface area contributed by atoms with Crippen LogP contribution in [0.3, 0.4) is 0 Å². The van der Waals surface area contributed by atoms with Crippen molar-refractivity contribution in [1.29, 1.82) is 0 Å². The minimum absolute atomic E-state index is 0.0106. The number of hydrogen-bond acceptors (Lipinski definition) is 2. The summed E-state index contributed by atoms with van der Waals surface area (Å²) in [6.07, 6.45) is 0. The van der Waals surface area contributed by atoms with Crippen LogP contribution in [0.4, 0.5) is 0 Å². The first-order chi connectivity index (χ1) is 6.90. The molecule has 7 heteroatoms. The van der Waals surface area contributed by atoms with Gasteiger partial charge < -0.3 is 0 Å². The summed E-state index contributed by atoms with van der Waals surface area (Å²) in [6.45, 7) is 2.00. The van der Waals surface area contributed by atoms with E-state index in [1.54, 1.807) is 13.0 Å². The van der Waals surface area contributed by atoms with Crippen LogP contribution in [0.15, 0.2) is 17.0 Å². The highest BCUT2D eigenvalue weighted by Crippen LogP contribution is 2.32. The van der Waals surface area contributed by atoms with Gasteiger partial charge in [0.25, 0.3) is 0 Å². The van der Waals surface area contributed by atoms with Gasteiger partial charge in [-0.1, -0.05) is 30.1 Å². The summed E-state index contributed by atoms with van der Waals surface area (Å²) in [4.78, 5) is 0.0106. The number of nitrogens with one attached hydrogen (secondary N) is 1. The first-order valence-corrected chi connectivity index (χ1v) is 7.35. The van der Waals surface area contributed by atoms with Gasteiger partial charge in [0.15, 0.2) is 0 Å². The molecule has 1 aromatic rings. The number of sulfonamides is 1. The Bertz CT molecular complexity index is 476. The number of rotatable bonds is 3. The van der Waals surface area contributed by atoms with E-state index in [9.17, 15) is 8.42 Å². The summed E-state index contributed by atoms with van der Waals surface area (Å²) in [6, 6.07) is 3.05. The third kappa shape index (κ3) is 2.97. The molecule has 84 valence electrons. The third-order valence-electron chi connectivity index (χ3n) is 1.62. The summed E-state index contributed by atoms with van der Waals surface area (Å²) in [5, 5.41) is 0.320. The zero-order valence-corrected chi connectivity index (χ0v) is 12.2. The average Bonchev–Trinajstić information content (AvgIpc) is 2.13. The quantitative estimate of drug-likeness (QED) is 0.648. The van der Waals surface area contributed by atoms with Crippen LogP contribution in [0.25, 0.3) is 0 Å². The lowest BCUT2D eigenvalue weighted by atomic mass is 10.4. The van der Waals surface area contributed by atoms with Gasteiger partial charge in [-0.05, 0) is 34.7 Å². The Kier molecular flexibility index (Phi) is 4.66. The van der Waals surface area contributed by atoms with Gasteiger partial charge in [0, 0.05) is 10.1 Å². The molecule has 0 fully saturated rings. The molecule has 0 unspecified atom stereocenters. The van der Waals surface area contributed by atoms with Gasteiger partial charge >= 0.3 is 0 Å². The highest BCUT2D eigenvalue weighted by molar-refractivity contribution is 14.1. The third-order valence-corrected chi connectivity index (χ3v) is 5.42. The maximum Gasteiger partial charge on any atom is 0.242 e. The summed E-state index contributed by atoms with van der Waals surface area (Å²) in [7, 11) is -3.55. The van der Waals surface area contributed by atoms with Crippen LogP contribution in [0.5, 0.6) is 0 Å². The molecular weight excluding hydrogens is 372 g/mol. The van der Waals surface area contributed by atoms with Gasteiger partial charge in [-0.25, -0.2) is 13.1 Å². The Morgan fingerprint density at radius 3 is 2.47 bits per heavy atom. The number of halogens is 3. The smallest absolute Gasteiger partial charge is 0.211 e. The lowest BCUT2D eigenvalue weighted by molar-refractivity contribution is 0.584. The number of benzene rings is 1. The van der Waals surface area contributed by atoms with Crippen LogP contribution in [0.2, 0.25) is 10.0 Å². The Balaban J connectivity index is 3.34. The fourth-order valence-corrected chi connectivity index (χ4v) is 3.40. The zero-order valence-electron chi connectivity index (χ0n) is 7.72. The molecule has 0 amide bonds. The van der Waals surface area contributed by atoms with Gasteiger partial charge in [0.1, 0.15) is 4.90 Å². The SMILES string of the molecule is CCNS(=O)(=O)c1ccc(I)c(Cl)c1Cl. The van der Waals surface area contributed by atoms with Crippen molar-refractivity contribution < 1.29 is 8.42 Å². The predicted octanol–water partition coefficient (Wildman–Crippen LogP) is 2.90. The van der Waals surface area contributed by atoms with Crippen molar-refractivity contribution >= 4 is 55.8 Å². The fourth-order valence-electron chi connectivity index (χ4n) is 0.983. The second kappa shape index (κ2) is 5.18. The molecule has 0 aromatic heterocycles. The molecule has 15 heavy (non-hydrogen) atoms. The molecule has 0 saturated heterocycles. The minimum atomic E-state index is -3.55. The van der Waals surface area contributed by atoms with Gasteiger partial charge in [-0.15, -0.1) is 0 Å². The van der Waals surface area contributed by atoms with Crippen LogP contribution in [0, 0.1) is 3.57 Å². The van der Waals surface area contributed by atoms with E-state index in [0.29, 0.717) is 6.54 Å². The Morgan fingerprint density at radius 2 is 1.93 bits per heavy atom. The molecule has 1 N–H and O–H groups in total. The van der Waals surface area contributed by atoms with Crippen LogP contribution in [0.1, 0.15) is 6.92 Å². The van der Waals surface area contributed by atoms with E-state index in [1.165, 1.54) is 6.07 Å². The van der Waals surface area contributed by atoms with E-state index < -0.39 is 10.0 Å². The second-order valence-corrected chi connectivity index (χ2v) is 6.33. The monoisotopic (exact) mass is 379 g/mol. The average molecular weight is 380 g/mol. The summed E-state index contributed by atoms with van der Waals surface area (Å²) >= 11 is 13.7. The number of hydrogen-bond donors (Lipinski definition) is 1. The van der Waals surface area contributed by atoms with Crippen LogP contribution in [-0.4, -0.2) is 15.0 Å². The molecule has 0 heterocycles. The van der Waals surface area contributed by atoms with Crippen molar-refractivity contribution in [2.75, 3.05) is 6.54 Å². The maximum absolute atomic E-state index is 11.7. The molecule has 0 saturated carbocycles. The van der Waals surface area contributed by atoms with Crippen molar-refractivity contribution in [2.45, 2.75) is 11.8 Å². The molecule has 0 aliphatic carbocycles. The van der Waals surface area contributed by atoms with Crippen molar-refractivity contribution in [3.63, 3.8) is 0 Å². The van der Waals surface area contributed by atoms with Crippen LogP contribution in [-0.2, 0) is 10.0 Å². The topological polar surface area (TPSA) is 46.2 Å². The van der Waals surface area contributed by atoms with Crippen LogP contribution < -0.4 is 4.72 Å². The maximum atomic E-state index is 11.7. The van der Waals surface area contributed by atoms with Gasteiger partial charge in [0.2, 0.25) is 10.0 Å². The molecule has 0 atom stereocenters. The normalized spacial score (nSPS) is 11.7. The van der Waals surface area contributed by atoms with Crippen molar-refractivity contribution in [1.82, 2.24) is 4.72 Å². The van der Waals surface area contributed by atoms with Crippen molar-refractivity contribution in [3.8, 4) is 0 Å². The van der Waals surface area contributed by atoms with Crippen LogP contribution >= 0.6 is 45.8 Å². The molecule has 0 spiro atoms. The second-order valence-electron chi connectivity index (χ2n) is 2.67. The molecule has 1 aromatic carbocycles. The lowest BCUT2D eigenvalue weighted by Crippen LogP contribution is -2.23. The van der Waals surface area contributed by atoms with Gasteiger partial charge in [-0.3, -0.25) is 0 Å². The minimum Gasteiger partial charge on any atom is -0.211 e. The lowest BCUT2D eigenvalue weighted by Gasteiger charge is -2.08. The van der Waals surface area contributed by atoms with Crippen molar-refractivity contribution in [3.05, 3.63) is 25.7 Å². The molecule has 0 aliphatic heterocycles. The first-order valence-electron chi connectivity index (χ1n) is 4.03. The van der Waals surface area contributed by atoms with E-state index in [2.05, 4.69) is 4.72 Å². The van der Waals surface area contributed by atoms with E-state index in [-0.39, 0.29) is 14.9 Å².